The van der Waals surface area contributed by atoms with E-state index >= 15 is 0 Å². The fourth-order valence-corrected chi connectivity index (χ4v) is 4.50. The van der Waals surface area contributed by atoms with Gasteiger partial charge in [-0.3, -0.25) is 29.0 Å². The third-order valence-electron chi connectivity index (χ3n) is 6.79. The van der Waals surface area contributed by atoms with E-state index in [1.165, 1.54) is 32.2 Å². The van der Waals surface area contributed by atoms with Gasteiger partial charge in [-0.2, -0.15) is 13.2 Å². The lowest BCUT2D eigenvalue weighted by Crippen LogP contribution is -2.54. The number of aliphatic carboxylic acids is 1. The maximum absolute atomic E-state index is 13.4. The molecule has 0 unspecified atom stereocenters. The number of para-hydroxylation sites is 1. The molecule has 0 fully saturated rings. The van der Waals surface area contributed by atoms with Gasteiger partial charge < -0.3 is 25.2 Å². The molecule has 0 saturated heterocycles. The number of hydrogen-bond acceptors (Lipinski definition) is 8. The van der Waals surface area contributed by atoms with E-state index in [1.54, 1.807) is 26.0 Å². The molecule has 0 spiro atoms. The first kappa shape index (κ1) is 34.5. The molecule has 11 nitrogen and oxygen atoms in total. The van der Waals surface area contributed by atoms with Crippen LogP contribution in [0.4, 0.5) is 13.2 Å². The summed E-state index contributed by atoms with van der Waals surface area (Å²) in [6, 6.07) is 6.42. The van der Waals surface area contributed by atoms with Gasteiger partial charge in [0.25, 0.3) is 0 Å². The molecule has 2 aromatic carbocycles. The molecule has 0 radical (unpaired) electrons. The summed E-state index contributed by atoms with van der Waals surface area (Å²) in [6.07, 6.45) is -4.68. The fraction of sp³-hybridized carbons (Fsp3) is 0.355. The standard InChI is InChI=1S/C31H32F3N3O8/c1-16(2)28(37-26(40)13-19-12-18(17(3)38)8-9-24(19)44-4)30(43)36-22(14-27(41)42)23(39)15-45-25-10-11-35-29-20(25)6-5-7-21(29)31(32,33)34/h5-12,16,22,28H,13-15H2,1-4H3,(H,36,43)(H,37,40)(H,41,42)/t22-,28-/m0/s1. The Balaban J connectivity index is 1.75. The fourth-order valence-electron chi connectivity index (χ4n) is 4.50. The third-order valence-corrected chi connectivity index (χ3v) is 6.79. The second-order valence-electron chi connectivity index (χ2n) is 10.5. The lowest BCUT2D eigenvalue weighted by Gasteiger charge is -2.25. The van der Waals surface area contributed by atoms with Gasteiger partial charge in [-0.15, -0.1) is 0 Å². The molecule has 1 aromatic heterocycles. The van der Waals surface area contributed by atoms with Gasteiger partial charge in [0.05, 0.1) is 31.0 Å². The van der Waals surface area contributed by atoms with Gasteiger partial charge in [0.2, 0.25) is 11.8 Å². The molecule has 45 heavy (non-hydrogen) atoms. The van der Waals surface area contributed by atoms with Crippen molar-refractivity contribution in [2.75, 3.05) is 13.7 Å². The third kappa shape index (κ3) is 9.00. The largest absolute Gasteiger partial charge is 0.496 e. The Kier molecular flexibility index (Phi) is 11.2. The van der Waals surface area contributed by atoms with Crippen molar-refractivity contribution in [2.45, 2.75) is 51.9 Å². The molecule has 14 heteroatoms. The molecule has 1 heterocycles. The normalized spacial score (nSPS) is 12.7. The topological polar surface area (TPSA) is 161 Å². The zero-order valence-corrected chi connectivity index (χ0v) is 24.9. The van der Waals surface area contributed by atoms with Crippen LogP contribution in [0.25, 0.3) is 10.9 Å². The quantitative estimate of drug-likeness (QED) is 0.225. The van der Waals surface area contributed by atoms with Crippen molar-refractivity contribution in [1.82, 2.24) is 15.6 Å². The van der Waals surface area contributed by atoms with Gasteiger partial charge in [-0.25, -0.2) is 0 Å². The van der Waals surface area contributed by atoms with Crippen LogP contribution >= 0.6 is 0 Å². The predicted molar refractivity (Wildman–Crippen MR) is 155 cm³/mol. The van der Waals surface area contributed by atoms with Crippen LogP contribution in [0.5, 0.6) is 11.5 Å². The van der Waals surface area contributed by atoms with Crippen LogP contribution < -0.4 is 20.1 Å². The zero-order chi connectivity index (χ0) is 33.5. The van der Waals surface area contributed by atoms with Gasteiger partial charge in [-0.05, 0) is 49.2 Å². The summed E-state index contributed by atoms with van der Waals surface area (Å²) in [7, 11) is 1.40. The van der Waals surface area contributed by atoms with Crippen LogP contribution in [0, 0.1) is 5.92 Å². The lowest BCUT2D eigenvalue weighted by atomic mass is 10.0. The number of halogens is 3. The van der Waals surface area contributed by atoms with E-state index in [2.05, 4.69) is 15.6 Å². The number of nitrogens with zero attached hydrogens (tertiary/aromatic N) is 1. The number of amides is 2. The Morgan fingerprint density at radius 1 is 1.00 bits per heavy atom. The van der Waals surface area contributed by atoms with Crippen molar-refractivity contribution in [3.8, 4) is 11.5 Å². The van der Waals surface area contributed by atoms with Crippen molar-refractivity contribution in [3.63, 3.8) is 0 Å². The summed E-state index contributed by atoms with van der Waals surface area (Å²) in [4.78, 5) is 66.3. The number of carbonyl (C=O) groups excluding carboxylic acids is 4. The van der Waals surface area contributed by atoms with Crippen LogP contribution in [-0.2, 0) is 31.8 Å². The highest BCUT2D eigenvalue weighted by molar-refractivity contribution is 5.97. The Hall–Kier alpha value is -5.01. The van der Waals surface area contributed by atoms with Gasteiger partial charge in [0, 0.05) is 22.7 Å². The minimum Gasteiger partial charge on any atom is -0.496 e. The number of carboxylic acids is 1. The molecular formula is C31H32F3N3O8. The number of rotatable bonds is 14. The van der Waals surface area contributed by atoms with Crippen LogP contribution in [-0.4, -0.2) is 65.2 Å². The average molecular weight is 632 g/mol. The molecule has 3 N–H and O–H groups in total. The summed E-state index contributed by atoms with van der Waals surface area (Å²) in [5, 5.41) is 14.3. The Labute approximate surface area is 256 Å². The number of aromatic nitrogens is 1. The second kappa shape index (κ2) is 14.6. The Bertz CT molecular complexity index is 1610. The van der Waals surface area contributed by atoms with E-state index < -0.39 is 71.9 Å². The minimum atomic E-state index is -4.69. The maximum Gasteiger partial charge on any atom is 0.418 e. The molecule has 0 aliphatic carbocycles. The van der Waals surface area contributed by atoms with Crippen LogP contribution in [0.1, 0.15) is 48.7 Å². The smallest absolute Gasteiger partial charge is 0.418 e. The van der Waals surface area contributed by atoms with E-state index in [9.17, 15) is 42.3 Å². The summed E-state index contributed by atoms with van der Waals surface area (Å²) in [5.74, 6) is -4.20. The van der Waals surface area contributed by atoms with E-state index in [1.807, 2.05) is 0 Å². The monoisotopic (exact) mass is 631 g/mol. The molecule has 0 aliphatic heterocycles. The number of Topliss-reactive ketones (excluding diaryl/α,β-unsaturated/α-hetero) is 2. The molecule has 3 rings (SSSR count). The predicted octanol–water partition coefficient (Wildman–Crippen LogP) is 3.76. The SMILES string of the molecule is COc1ccc(C(C)=O)cc1CC(=O)N[C@H](C(=O)N[C@@H](CC(=O)O)C(=O)COc1ccnc2c(C(F)(F)F)cccc12)C(C)C. The van der Waals surface area contributed by atoms with Crippen molar-refractivity contribution in [1.29, 1.82) is 0 Å². The summed E-state index contributed by atoms with van der Waals surface area (Å²) >= 11 is 0. The highest BCUT2D eigenvalue weighted by atomic mass is 19.4. The van der Waals surface area contributed by atoms with Crippen LogP contribution in [0.2, 0.25) is 0 Å². The molecular weight excluding hydrogens is 599 g/mol. The van der Waals surface area contributed by atoms with Crippen molar-refractivity contribution >= 4 is 40.3 Å². The number of hydrogen-bond donors (Lipinski definition) is 3. The number of carbonyl (C=O) groups is 5. The highest BCUT2D eigenvalue weighted by Gasteiger charge is 2.34. The number of carboxylic acid groups (broad SMARTS) is 1. The first-order valence-electron chi connectivity index (χ1n) is 13.7. The number of fused-ring (bicyclic) bond motifs is 1. The molecule has 240 valence electrons. The summed E-state index contributed by atoms with van der Waals surface area (Å²) in [5.41, 5.74) is -0.645. The zero-order valence-electron chi connectivity index (χ0n) is 24.9. The van der Waals surface area contributed by atoms with Crippen molar-refractivity contribution < 1.29 is 51.7 Å². The Morgan fingerprint density at radius 3 is 2.31 bits per heavy atom. The number of alkyl halides is 3. The molecule has 0 bridgehead atoms. The first-order valence-corrected chi connectivity index (χ1v) is 13.7. The summed E-state index contributed by atoms with van der Waals surface area (Å²) < 4.78 is 51.0. The molecule has 3 aromatic rings. The second-order valence-corrected chi connectivity index (χ2v) is 10.5. The number of ketones is 2. The first-order chi connectivity index (χ1) is 21.1. The number of ether oxygens (including phenoxy) is 2. The van der Waals surface area contributed by atoms with Gasteiger partial charge in [-0.1, -0.05) is 19.9 Å². The lowest BCUT2D eigenvalue weighted by molar-refractivity contribution is -0.141. The minimum absolute atomic E-state index is 0.0213. The Morgan fingerprint density at radius 2 is 1.71 bits per heavy atom. The molecule has 0 aliphatic rings. The van der Waals surface area contributed by atoms with E-state index in [0.717, 1.165) is 18.3 Å². The maximum atomic E-state index is 13.4. The number of benzene rings is 2. The highest BCUT2D eigenvalue weighted by Crippen LogP contribution is 2.36. The van der Waals surface area contributed by atoms with E-state index in [0.29, 0.717) is 16.9 Å². The van der Waals surface area contributed by atoms with E-state index in [-0.39, 0.29) is 23.3 Å². The molecule has 2 amide bonds. The van der Waals surface area contributed by atoms with Crippen LogP contribution in [0.3, 0.4) is 0 Å². The van der Waals surface area contributed by atoms with Gasteiger partial charge >= 0.3 is 12.1 Å². The van der Waals surface area contributed by atoms with Crippen LogP contribution in [0.15, 0.2) is 48.7 Å². The average Bonchev–Trinajstić information content (AvgIpc) is 2.96. The van der Waals surface area contributed by atoms with Crippen molar-refractivity contribution in [2.24, 2.45) is 5.92 Å². The van der Waals surface area contributed by atoms with Crippen molar-refractivity contribution in [3.05, 3.63) is 65.4 Å². The van der Waals surface area contributed by atoms with Gasteiger partial charge in [0.15, 0.2) is 11.6 Å². The number of nitrogens with one attached hydrogen (secondary N) is 2. The van der Waals surface area contributed by atoms with Gasteiger partial charge in [0.1, 0.15) is 30.2 Å². The summed E-state index contributed by atoms with van der Waals surface area (Å²) in [6.45, 7) is 3.84. The number of methoxy groups -OCH3 is 1. The molecule has 2 atom stereocenters. The molecule has 0 saturated carbocycles. The van der Waals surface area contributed by atoms with E-state index in [4.69, 9.17) is 9.47 Å². The number of pyridine rings is 1.